The lowest BCUT2D eigenvalue weighted by Crippen LogP contribution is -2.26. The molecule has 136 valence electrons. The number of para-hydroxylation sites is 2. The Balaban J connectivity index is 1.78. The Morgan fingerprint density at radius 1 is 0.962 bits per heavy atom. The van der Waals surface area contributed by atoms with E-state index in [1.807, 2.05) is 56.3 Å². The van der Waals surface area contributed by atoms with Crippen molar-refractivity contribution in [1.29, 1.82) is 0 Å². The Hall–Kier alpha value is -3.15. The first-order valence-electron chi connectivity index (χ1n) is 8.31. The topological polar surface area (TPSA) is 79.8 Å². The third-order valence-corrected chi connectivity index (χ3v) is 3.66. The van der Waals surface area contributed by atoms with Crippen molar-refractivity contribution < 1.29 is 14.3 Å². The number of carbonyl (C=O) groups is 2. The van der Waals surface area contributed by atoms with E-state index in [2.05, 4.69) is 15.8 Å². The van der Waals surface area contributed by atoms with Crippen molar-refractivity contribution in [2.24, 2.45) is 5.10 Å². The first kappa shape index (κ1) is 19.2. The molecule has 26 heavy (non-hydrogen) atoms. The standard InChI is InChI=1S/C20H23N3O3/c1-14-8-4-6-10-17(14)21-19(24)12-16(3)22-23-20(25)13-26-18-11-7-5-9-15(18)2/h4-11H,12-13H2,1-3H3,(H,21,24)(H,23,25)/b22-16-. The summed E-state index contributed by atoms with van der Waals surface area (Å²) in [6, 6.07) is 15.0. The van der Waals surface area contributed by atoms with E-state index in [0.717, 1.165) is 16.8 Å². The molecule has 2 amide bonds. The summed E-state index contributed by atoms with van der Waals surface area (Å²) in [5, 5.41) is 6.76. The Morgan fingerprint density at radius 2 is 1.62 bits per heavy atom. The molecule has 0 aliphatic rings. The fourth-order valence-electron chi connectivity index (χ4n) is 2.23. The zero-order valence-electron chi connectivity index (χ0n) is 15.2. The maximum atomic E-state index is 12.0. The molecule has 0 bridgehead atoms. The van der Waals surface area contributed by atoms with Gasteiger partial charge in [0.25, 0.3) is 5.91 Å². The molecule has 2 N–H and O–H groups in total. The summed E-state index contributed by atoms with van der Waals surface area (Å²) in [5.74, 6) is 0.0823. The van der Waals surface area contributed by atoms with Gasteiger partial charge < -0.3 is 10.1 Å². The molecule has 0 unspecified atom stereocenters. The molecule has 0 radical (unpaired) electrons. The number of carbonyl (C=O) groups excluding carboxylic acids is 2. The molecular formula is C20H23N3O3. The van der Waals surface area contributed by atoms with Crippen LogP contribution in [0.3, 0.4) is 0 Å². The molecule has 0 fully saturated rings. The quantitative estimate of drug-likeness (QED) is 0.592. The van der Waals surface area contributed by atoms with Crippen LogP contribution in [0.15, 0.2) is 53.6 Å². The van der Waals surface area contributed by atoms with E-state index in [0.29, 0.717) is 11.5 Å². The number of nitrogens with zero attached hydrogens (tertiary/aromatic N) is 1. The molecule has 0 aliphatic heterocycles. The van der Waals surface area contributed by atoms with Crippen LogP contribution in [0, 0.1) is 13.8 Å². The number of hydrogen-bond donors (Lipinski definition) is 2. The fourth-order valence-corrected chi connectivity index (χ4v) is 2.23. The lowest BCUT2D eigenvalue weighted by atomic mass is 10.2. The van der Waals surface area contributed by atoms with Gasteiger partial charge in [0.2, 0.25) is 5.91 Å². The van der Waals surface area contributed by atoms with Gasteiger partial charge in [-0.25, -0.2) is 5.43 Å². The van der Waals surface area contributed by atoms with Crippen LogP contribution in [0.5, 0.6) is 5.75 Å². The highest BCUT2D eigenvalue weighted by atomic mass is 16.5. The van der Waals surface area contributed by atoms with Gasteiger partial charge in [-0.2, -0.15) is 5.10 Å². The number of nitrogens with one attached hydrogen (secondary N) is 2. The highest BCUT2D eigenvalue weighted by Crippen LogP contribution is 2.15. The molecule has 6 nitrogen and oxygen atoms in total. The lowest BCUT2D eigenvalue weighted by Gasteiger charge is -2.09. The molecular weight excluding hydrogens is 330 g/mol. The largest absolute Gasteiger partial charge is 0.483 e. The Kier molecular flexibility index (Phi) is 6.91. The molecule has 2 rings (SSSR count). The molecule has 0 saturated heterocycles. The minimum absolute atomic E-state index is 0.0905. The summed E-state index contributed by atoms with van der Waals surface area (Å²) < 4.78 is 5.44. The monoisotopic (exact) mass is 353 g/mol. The van der Waals surface area contributed by atoms with Gasteiger partial charge in [-0.1, -0.05) is 36.4 Å². The Bertz CT molecular complexity index is 815. The minimum atomic E-state index is -0.382. The van der Waals surface area contributed by atoms with Crippen LogP contribution in [0.1, 0.15) is 24.5 Å². The van der Waals surface area contributed by atoms with Gasteiger partial charge in [0, 0.05) is 11.4 Å². The number of ether oxygens (including phenoxy) is 1. The zero-order chi connectivity index (χ0) is 18.9. The van der Waals surface area contributed by atoms with E-state index in [4.69, 9.17) is 4.74 Å². The van der Waals surface area contributed by atoms with Crippen molar-refractivity contribution in [2.45, 2.75) is 27.2 Å². The van der Waals surface area contributed by atoms with Gasteiger partial charge in [0.1, 0.15) is 5.75 Å². The van der Waals surface area contributed by atoms with Gasteiger partial charge in [-0.15, -0.1) is 0 Å². The van der Waals surface area contributed by atoms with Crippen molar-refractivity contribution in [3.63, 3.8) is 0 Å². The number of rotatable bonds is 7. The number of aryl methyl sites for hydroxylation is 2. The molecule has 0 aliphatic carbocycles. The number of amides is 2. The third kappa shape index (κ3) is 6.05. The van der Waals surface area contributed by atoms with Crippen molar-refractivity contribution in [2.75, 3.05) is 11.9 Å². The summed E-state index contributed by atoms with van der Waals surface area (Å²) in [6.07, 6.45) is 0.0905. The highest BCUT2D eigenvalue weighted by Gasteiger charge is 2.07. The normalized spacial score (nSPS) is 11.0. The van der Waals surface area contributed by atoms with Crippen LogP contribution in [0.25, 0.3) is 0 Å². The predicted octanol–water partition coefficient (Wildman–Crippen LogP) is 3.20. The second-order valence-electron chi connectivity index (χ2n) is 5.98. The summed E-state index contributed by atoms with van der Waals surface area (Å²) in [7, 11) is 0. The van der Waals surface area contributed by atoms with Crippen molar-refractivity contribution in [3.8, 4) is 5.75 Å². The number of hydrazone groups is 1. The van der Waals surface area contributed by atoms with Crippen LogP contribution in [-0.2, 0) is 9.59 Å². The summed E-state index contributed by atoms with van der Waals surface area (Å²) in [4.78, 5) is 23.8. The van der Waals surface area contributed by atoms with Crippen molar-refractivity contribution in [1.82, 2.24) is 5.43 Å². The van der Waals surface area contributed by atoms with Gasteiger partial charge >= 0.3 is 0 Å². The predicted molar refractivity (Wildman–Crippen MR) is 102 cm³/mol. The molecule has 6 heteroatoms. The number of anilines is 1. The first-order chi connectivity index (χ1) is 12.5. The first-order valence-corrected chi connectivity index (χ1v) is 8.31. The van der Waals surface area contributed by atoms with Gasteiger partial charge in [-0.3, -0.25) is 9.59 Å². The van der Waals surface area contributed by atoms with E-state index in [9.17, 15) is 9.59 Å². The average Bonchev–Trinajstić information content (AvgIpc) is 2.61. The summed E-state index contributed by atoms with van der Waals surface area (Å²) in [6.45, 7) is 5.37. The smallest absolute Gasteiger partial charge is 0.277 e. The second-order valence-corrected chi connectivity index (χ2v) is 5.98. The van der Waals surface area contributed by atoms with Crippen LogP contribution < -0.4 is 15.5 Å². The van der Waals surface area contributed by atoms with E-state index < -0.39 is 0 Å². The maximum Gasteiger partial charge on any atom is 0.277 e. The van der Waals surface area contributed by atoms with E-state index >= 15 is 0 Å². The average molecular weight is 353 g/mol. The zero-order valence-corrected chi connectivity index (χ0v) is 15.2. The van der Waals surface area contributed by atoms with E-state index in [1.54, 1.807) is 13.0 Å². The van der Waals surface area contributed by atoms with Gasteiger partial charge in [0.05, 0.1) is 6.42 Å². The van der Waals surface area contributed by atoms with Crippen LogP contribution in [-0.4, -0.2) is 24.1 Å². The van der Waals surface area contributed by atoms with E-state index in [-0.39, 0.29) is 24.8 Å². The van der Waals surface area contributed by atoms with Crippen LogP contribution in [0.4, 0.5) is 5.69 Å². The van der Waals surface area contributed by atoms with Crippen molar-refractivity contribution >= 4 is 23.2 Å². The molecule has 0 atom stereocenters. The molecule has 2 aromatic carbocycles. The maximum absolute atomic E-state index is 12.0. The lowest BCUT2D eigenvalue weighted by molar-refractivity contribution is -0.123. The Labute approximate surface area is 153 Å². The van der Waals surface area contributed by atoms with Gasteiger partial charge in [0.15, 0.2) is 6.61 Å². The van der Waals surface area contributed by atoms with E-state index in [1.165, 1.54) is 0 Å². The summed E-state index contributed by atoms with van der Waals surface area (Å²) in [5.41, 5.74) is 5.60. The molecule has 0 aromatic heterocycles. The van der Waals surface area contributed by atoms with Crippen molar-refractivity contribution in [3.05, 3.63) is 59.7 Å². The SMILES string of the molecule is C/C(CC(=O)Nc1ccccc1C)=N/NC(=O)COc1ccccc1C. The summed E-state index contributed by atoms with van der Waals surface area (Å²) >= 11 is 0. The second kappa shape index (κ2) is 9.36. The molecule has 0 saturated carbocycles. The minimum Gasteiger partial charge on any atom is -0.483 e. The van der Waals surface area contributed by atoms with Crippen LogP contribution in [0.2, 0.25) is 0 Å². The third-order valence-electron chi connectivity index (χ3n) is 3.66. The molecule has 2 aromatic rings. The number of hydrogen-bond acceptors (Lipinski definition) is 4. The highest BCUT2D eigenvalue weighted by molar-refractivity contribution is 6.06. The van der Waals surface area contributed by atoms with Crippen LogP contribution >= 0.6 is 0 Å². The Morgan fingerprint density at radius 3 is 2.31 bits per heavy atom. The molecule has 0 spiro atoms. The molecule has 0 heterocycles. The number of benzene rings is 2. The fraction of sp³-hybridized carbons (Fsp3) is 0.250. The van der Waals surface area contributed by atoms with Gasteiger partial charge in [-0.05, 0) is 44.0 Å².